The lowest BCUT2D eigenvalue weighted by molar-refractivity contribution is -0.294. The van der Waals surface area contributed by atoms with Crippen LogP contribution < -0.4 is 10.2 Å². The second-order valence-corrected chi connectivity index (χ2v) is 17.0. The Balaban J connectivity index is 1.57. The third-order valence-electron chi connectivity index (χ3n) is 12.1. The number of fused-ring (bicyclic) bond motifs is 4. The fraction of sp³-hybridized carbons (Fsp3) is 0.756. The number of Topliss-reactive ketones (excluding diaryl/α,β-unsaturated/α-hetero) is 1. The molecule has 4 saturated heterocycles. The van der Waals surface area contributed by atoms with E-state index in [4.69, 9.17) is 33.3 Å². The molecule has 4 aliphatic rings. The lowest BCUT2D eigenvalue weighted by atomic mass is 9.75. The van der Waals surface area contributed by atoms with Crippen LogP contribution >= 0.6 is 0 Å². The molecule has 308 valence electrons. The highest BCUT2D eigenvalue weighted by Gasteiger charge is 2.57. The topological polar surface area (TPSA) is 164 Å². The Kier molecular flexibility index (Phi) is 13.7. The molecule has 14 nitrogen and oxygen atoms in total. The first-order valence-electron chi connectivity index (χ1n) is 19.8. The molecule has 4 heterocycles. The number of alkyl carbamates (subject to hydrolysis) is 1. The summed E-state index contributed by atoms with van der Waals surface area (Å²) < 4.78 is 38.4. The van der Waals surface area contributed by atoms with Crippen LogP contribution in [-0.4, -0.2) is 121 Å². The van der Waals surface area contributed by atoms with E-state index in [9.17, 15) is 19.5 Å². The standard InChI is InChI=1S/C41H63N3O11/c1-12-32-41(9)36(42-39(48)54-41)26(7)34(45)23(4)19-40(8)33(53-38-35(46)30(44(10)11)17-24(5)51-38)18-31(25(6)37(47)52-32)49-20-28(21-50-40)43-55-29-15-13-27(14-16-29)22(2)3/h13-16,22-26,30-33,35-36,38,46H,12,17-21H2,1-11H3,(H,42,48)/b43-28+/t23-,24-,25-,26+,30+,31-,32-,33-,35-,36?,38?,40+,41?/m1/s1. The average Bonchev–Trinajstić information content (AvgIpc) is 3.48. The molecule has 2 bridgehead atoms. The Morgan fingerprint density at radius 2 is 1.71 bits per heavy atom. The van der Waals surface area contributed by atoms with Crippen LogP contribution in [-0.2, 0) is 38.0 Å². The van der Waals surface area contributed by atoms with Gasteiger partial charge in [0.2, 0.25) is 0 Å². The van der Waals surface area contributed by atoms with Crippen molar-refractivity contribution in [3.8, 4) is 5.75 Å². The molecule has 2 N–H and O–H groups in total. The summed E-state index contributed by atoms with van der Waals surface area (Å²) in [5.41, 5.74) is -0.941. The van der Waals surface area contributed by atoms with E-state index in [1.807, 2.05) is 71.0 Å². The van der Waals surface area contributed by atoms with Gasteiger partial charge in [0.05, 0.1) is 49.1 Å². The fourth-order valence-electron chi connectivity index (χ4n) is 8.53. The number of ketones is 1. The van der Waals surface area contributed by atoms with Crippen LogP contribution in [0, 0.1) is 17.8 Å². The maximum Gasteiger partial charge on any atom is 0.408 e. The van der Waals surface area contributed by atoms with Crippen LogP contribution in [0.3, 0.4) is 0 Å². The monoisotopic (exact) mass is 773 g/mol. The number of carbonyl (C=O) groups excluding carboxylic acids is 3. The van der Waals surface area contributed by atoms with Gasteiger partial charge in [0.1, 0.15) is 23.7 Å². The number of ether oxygens (including phenoxy) is 6. The molecule has 4 aliphatic heterocycles. The van der Waals surface area contributed by atoms with Crippen molar-refractivity contribution in [1.29, 1.82) is 0 Å². The Hall–Kier alpha value is -3.14. The maximum absolute atomic E-state index is 14.4. The Bertz CT molecular complexity index is 1540. The number of hydrogen-bond acceptors (Lipinski definition) is 13. The predicted octanol–water partition coefficient (Wildman–Crippen LogP) is 4.99. The highest BCUT2D eigenvalue weighted by molar-refractivity contribution is 5.87. The van der Waals surface area contributed by atoms with E-state index in [-0.39, 0.29) is 44.0 Å². The van der Waals surface area contributed by atoms with Gasteiger partial charge in [0.15, 0.2) is 17.6 Å². The van der Waals surface area contributed by atoms with E-state index in [2.05, 4.69) is 24.3 Å². The van der Waals surface area contributed by atoms with Gasteiger partial charge >= 0.3 is 12.1 Å². The van der Waals surface area contributed by atoms with Gasteiger partial charge in [-0.25, -0.2) is 4.79 Å². The average molecular weight is 774 g/mol. The summed E-state index contributed by atoms with van der Waals surface area (Å²) in [5.74, 6) is -1.97. The number of oxime groups is 1. The molecular formula is C41H63N3O11. The van der Waals surface area contributed by atoms with Crippen LogP contribution in [0.15, 0.2) is 29.4 Å². The zero-order valence-electron chi connectivity index (χ0n) is 34.4. The van der Waals surface area contributed by atoms with Crippen LogP contribution in [0.2, 0.25) is 0 Å². The SMILES string of the molecule is CC[C@H]1OC(=O)[C@H](C)[C@H]2C[C@@H](OC3O[C@H](C)C[C@H](N(C)C)[C@H]3O)[C@](C)(C[C@@H](C)C(=O)[C@H](C)C3NC(=O)OC31C)OC/C(=N/Oc1ccc(C(C)C)cc1)CO2. The third kappa shape index (κ3) is 9.53. The lowest BCUT2D eigenvalue weighted by Crippen LogP contribution is -2.59. The summed E-state index contributed by atoms with van der Waals surface area (Å²) in [5, 5.41) is 18.9. The van der Waals surface area contributed by atoms with Crippen molar-refractivity contribution in [3.63, 3.8) is 0 Å². The zero-order valence-corrected chi connectivity index (χ0v) is 34.4. The van der Waals surface area contributed by atoms with Crippen LogP contribution in [0.4, 0.5) is 4.79 Å². The number of cyclic esters (lactones) is 1. The number of aliphatic hydroxyl groups excluding tert-OH is 1. The van der Waals surface area contributed by atoms with Gasteiger partial charge in [0.25, 0.3) is 0 Å². The molecule has 3 unspecified atom stereocenters. The van der Waals surface area contributed by atoms with Gasteiger partial charge in [0, 0.05) is 24.3 Å². The number of benzene rings is 1. The number of carbonyl (C=O) groups is 3. The fourth-order valence-corrected chi connectivity index (χ4v) is 8.53. The number of hydrogen-bond donors (Lipinski definition) is 2. The molecule has 1 amide bonds. The molecule has 0 spiro atoms. The maximum atomic E-state index is 14.4. The van der Waals surface area contributed by atoms with Gasteiger partial charge in [-0.1, -0.05) is 51.9 Å². The van der Waals surface area contributed by atoms with Gasteiger partial charge in [-0.2, -0.15) is 0 Å². The molecule has 4 fully saturated rings. The number of esters is 1. The molecule has 5 rings (SSSR count). The number of nitrogens with zero attached hydrogens (tertiary/aromatic N) is 2. The van der Waals surface area contributed by atoms with Gasteiger partial charge in [-0.3, -0.25) is 9.59 Å². The lowest BCUT2D eigenvalue weighted by Gasteiger charge is -2.46. The minimum absolute atomic E-state index is 0.0402. The summed E-state index contributed by atoms with van der Waals surface area (Å²) >= 11 is 0. The number of rotatable bonds is 7. The van der Waals surface area contributed by atoms with Crippen molar-refractivity contribution in [1.82, 2.24) is 10.2 Å². The molecular weight excluding hydrogens is 710 g/mol. The van der Waals surface area contributed by atoms with Crippen molar-refractivity contribution in [2.24, 2.45) is 22.9 Å². The second kappa shape index (κ2) is 17.6. The quantitative estimate of drug-likeness (QED) is 0.283. The molecule has 0 radical (unpaired) electrons. The Morgan fingerprint density at radius 3 is 2.35 bits per heavy atom. The van der Waals surface area contributed by atoms with Crippen LogP contribution in [0.5, 0.6) is 5.75 Å². The third-order valence-corrected chi connectivity index (χ3v) is 12.1. The van der Waals surface area contributed by atoms with Crippen LogP contribution in [0.1, 0.15) is 99.5 Å². The summed E-state index contributed by atoms with van der Waals surface area (Å²) in [4.78, 5) is 49.1. The number of nitrogens with one attached hydrogen (secondary N) is 1. The van der Waals surface area contributed by atoms with Crippen LogP contribution in [0.25, 0.3) is 0 Å². The first-order valence-corrected chi connectivity index (χ1v) is 19.8. The molecule has 55 heavy (non-hydrogen) atoms. The molecule has 1 aromatic rings. The Labute approximate surface area is 325 Å². The van der Waals surface area contributed by atoms with E-state index in [1.54, 1.807) is 20.8 Å². The van der Waals surface area contributed by atoms with Crippen molar-refractivity contribution in [3.05, 3.63) is 29.8 Å². The number of aliphatic hydroxyl groups is 1. The van der Waals surface area contributed by atoms with Crippen molar-refractivity contribution >= 4 is 23.6 Å². The minimum Gasteiger partial charge on any atom is -0.458 e. The molecule has 0 aromatic heterocycles. The first kappa shape index (κ1) is 43.0. The zero-order chi connectivity index (χ0) is 40.4. The summed E-state index contributed by atoms with van der Waals surface area (Å²) in [6.07, 6.45) is -4.23. The molecule has 13 atom stereocenters. The molecule has 0 aliphatic carbocycles. The van der Waals surface area contributed by atoms with Gasteiger partial charge in [-0.05, 0) is 84.7 Å². The van der Waals surface area contributed by atoms with E-state index in [0.29, 0.717) is 30.2 Å². The summed E-state index contributed by atoms with van der Waals surface area (Å²) in [6.45, 7) is 16.8. The van der Waals surface area contributed by atoms with Crippen molar-refractivity contribution in [2.75, 3.05) is 27.3 Å². The van der Waals surface area contributed by atoms with Gasteiger partial charge in [-0.15, -0.1) is 0 Å². The number of amides is 1. The predicted molar refractivity (Wildman–Crippen MR) is 204 cm³/mol. The first-order chi connectivity index (χ1) is 25.9. The summed E-state index contributed by atoms with van der Waals surface area (Å²) in [6, 6.07) is 6.67. The van der Waals surface area contributed by atoms with E-state index in [1.165, 1.54) is 0 Å². The van der Waals surface area contributed by atoms with Crippen molar-refractivity contribution < 1.29 is 52.7 Å². The smallest absolute Gasteiger partial charge is 0.408 e. The minimum atomic E-state index is -1.31. The highest BCUT2D eigenvalue weighted by atomic mass is 16.7. The molecule has 0 saturated carbocycles. The molecule has 1 aromatic carbocycles. The van der Waals surface area contributed by atoms with E-state index in [0.717, 1.165) is 5.56 Å². The van der Waals surface area contributed by atoms with E-state index >= 15 is 0 Å². The second-order valence-electron chi connectivity index (χ2n) is 17.0. The molecule has 14 heteroatoms. The largest absolute Gasteiger partial charge is 0.458 e. The Morgan fingerprint density at radius 1 is 1.02 bits per heavy atom. The number of likely N-dealkylation sites (N-methyl/N-ethyl adjacent to an activating group) is 1. The summed E-state index contributed by atoms with van der Waals surface area (Å²) in [7, 11) is 3.81. The van der Waals surface area contributed by atoms with Crippen molar-refractivity contribution in [2.45, 2.75) is 154 Å². The van der Waals surface area contributed by atoms with Gasteiger partial charge < -0.3 is 48.6 Å². The highest BCUT2D eigenvalue weighted by Crippen LogP contribution is 2.40. The van der Waals surface area contributed by atoms with E-state index < -0.39 is 77.8 Å². The normalized spacial score (nSPS) is 40.1.